The Labute approximate surface area is 111 Å². The van der Waals surface area contributed by atoms with E-state index in [1.165, 1.54) is 0 Å². The summed E-state index contributed by atoms with van der Waals surface area (Å²) in [4.78, 5) is 11.6. The van der Waals surface area contributed by atoms with E-state index in [0.717, 1.165) is 0 Å². The van der Waals surface area contributed by atoms with Crippen molar-refractivity contribution in [1.82, 2.24) is 5.32 Å². The van der Waals surface area contributed by atoms with Crippen LogP contribution in [0.5, 0.6) is 5.75 Å². The summed E-state index contributed by atoms with van der Waals surface area (Å²) in [5.41, 5.74) is 6.14. The number of sulfone groups is 1. The Hall–Kier alpha value is -1.76. The summed E-state index contributed by atoms with van der Waals surface area (Å²) in [7, 11) is -2.99. The lowest BCUT2D eigenvalue weighted by Gasteiger charge is -2.11. The van der Waals surface area contributed by atoms with Crippen LogP contribution >= 0.6 is 0 Å². The van der Waals surface area contributed by atoms with Crippen molar-refractivity contribution >= 4 is 21.4 Å². The SMILES string of the molecule is Nc1cccc(OCC(=O)NC2CCS(=O)(=O)C2)c1. The predicted molar refractivity (Wildman–Crippen MR) is 71.6 cm³/mol. The summed E-state index contributed by atoms with van der Waals surface area (Å²) in [6, 6.07) is 6.46. The van der Waals surface area contributed by atoms with Crippen molar-refractivity contribution in [2.75, 3.05) is 23.8 Å². The first-order valence-corrected chi connectivity index (χ1v) is 7.75. The molecular weight excluding hydrogens is 268 g/mol. The van der Waals surface area contributed by atoms with E-state index in [1.54, 1.807) is 24.3 Å². The van der Waals surface area contributed by atoms with E-state index < -0.39 is 9.84 Å². The first-order chi connectivity index (χ1) is 8.94. The zero-order chi connectivity index (χ0) is 13.9. The van der Waals surface area contributed by atoms with Crippen LogP contribution in [0.2, 0.25) is 0 Å². The van der Waals surface area contributed by atoms with E-state index in [-0.39, 0.29) is 30.1 Å². The van der Waals surface area contributed by atoms with E-state index in [0.29, 0.717) is 17.9 Å². The average molecular weight is 284 g/mol. The molecule has 0 radical (unpaired) electrons. The lowest BCUT2D eigenvalue weighted by atomic mass is 10.2. The van der Waals surface area contributed by atoms with Crippen molar-refractivity contribution < 1.29 is 17.9 Å². The number of benzene rings is 1. The van der Waals surface area contributed by atoms with Crippen molar-refractivity contribution in [1.29, 1.82) is 0 Å². The monoisotopic (exact) mass is 284 g/mol. The molecule has 1 unspecified atom stereocenters. The van der Waals surface area contributed by atoms with Gasteiger partial charge in [-0.1, -0.05) is 6.07 Å². The van der Waals surface area contributed by atoms with Gasteiger partial charge in [-0.3, -0.25) is 4.79 Å². The third-order valence-electron chi connectivity index (χ3n) is 2.83. The maximum absolute atomic E-state index is 11.6. The van der Waals surface area contributed by atoms with Gasteiger partial charge in [0.2, 0.25) is 0 Å². The summed E-state index contributed by atoms with van der Waals surface area (Å²) in [6.07, 6.45) is 0.465. The third kappa shape index (κ3) is 4.13. The lowest BCUT2D eigenvalue weighted by molar-refractivity contribution is -0.123. The van der Waals surface area contributed by atoms with Crippen LogP contribution in [0, 0.1) is 0 Å². The highest BCUT2D eigenvalue weighted by molar-refractivity contribution is 7.91. The van der Waals surface area contributed by atoms with Gasteiger partial charge in [0.1, 0.15) is 5.75 Å². The maximum Gasteiger partial charge on any atom is 0.258 e. The van der Waals surface area contributed by atoms with E-state index in [9.17, 15) is 13.2 Å². The fraction of sp³-hybridized carbons (Fsp3) is 0.417. The van der Waals surface area contributed by atoms with Gasteiger partial charge in [-0.2, -0.15) is 0 Å². The second-order valence-corrected chi connectivity index (χ2v) is 6.76. The molecule has 0 spiro atoms. The molecule has 1 fully saturated rings. The topological polar surface area (TPSA) is 98.5 Å². The van der Waals surface area contributed by atoms with E-state index >= 15 is 0 Å². The van der Waals surface area contributed by atoms with Crippen LogP contribution < -0.4 is 15.8 Å². The van der Waals surface area contributed by atoms with Crippen molar-refractivity contribution in [2.24, 2.45) is 0 Å². The van der Waals surface area contributed by atoms with Gasteiger partial charge in [-0.25, -0.2) is 8.42 Å². The van der Waals surface area contributed by atoms with Crippen molar-refractivity contribution in [3.8, 4) is 5.75 Å². The summed E-state index contributed by atoms with van der Waals surface area (Å²) in [5.74, 6) is 0.323. The zero-order valence-corrected chi connectivity index (χ0v) is 11.2. The van der Waals surface area contributed by atoms with Crippen molar-refractivity contribution in [3.63, 3.8) is 0 Å². The molecule has 1 saturated heterocycles. The van der Waals surface area contributed by atoms with Crippen LogP contribution in [0.15, 0.2) is 24.3 Å². The summed E-state index contributed by atoms with van der Waals surface area (Å²) in [6.45, 7) is -0.153. The first-order valence-electron chi connectivity index (χ1n) is 5.93. The molecule has 1 aliphatic heterocycles. The molecule has 0 saturated carbocycles. The van der Waals surface area contributed by atoms with Gasteiger partial charge >= 0.3 is 0 Å². The number of carbonyl (C=O) groups excluding carboxylic acids is 1. The highest BCUT2D eigenvalue weighted by Gasteiger charge is 2.28. The van der Waals surface area contributed by atoms with Gasteiger partial charge < -0.3 is 15.8 Å². The Morgan fingerprint density at radius 2 is 2.26 bits per heavy atom. The summed E-state index contributed by atoms with van der Waals surface area (Å²) >= 11 is 0. The number of hydrogen-bond donors (Lipinski definition) is 2. The lowest BCUT2D eigenvalue weighted by Crippen LogP contribution is -2.38. The second-order valence-electron chi connectivity index (χ2n) is 4.53. The molecular formula is C12H16N2O4S. The summed E-state index contributed by atoms with van der Waals surface area (Å²) < 4.78 is 27.8. The number of nitrogens with one attached hydrogen (secondary N) is 1. The minimum atomic E-state index is -2.99. The number of anilines is 1. The van der Waals surface area contributed by atoms with E-state index in [1.807, 2.05) is 0 Å². The Kier molecular flexibility index (Phi) is 3.94. The molecule has 1 aromatic rings. The molecule has 1 amide bonds. The molecule has 6 nitrogen and oxygen atoms in total. The Morgan fingerprint density at radius 3 is 2.89 bits per heavy atom. The van der Waals surface area contributed by atoms with Gasteiger partial charge in [0.25, 0.3) is 5.91 Å². The molecule has 1 heterocycles. The Bertz CT molecular complexity index is 571. The Morgan fingerprint density at radius 1 is 1.47 bits per heavy atom. The van der Waals surface area contributed by atoms with Gasteiger partial charge in [-0.05, 0) is 18.6 Å². The van der Waals surface area contributed by atoms with Crippen LogP contribution in [-0.4, -0.2) is 38.5 Å². The number of amides is 1. The molecule has 2 rings (SSSR count). The molecule has 7 heteroatoms. The molecule has 104 valence electrons. The maximum atomic E-state index is 11.6. The largest absolute Gasteiger partial charge is 0.484 e. The summed E-state index contributed by atoms with van der Waals surface area (Å²) in [5, 5.41) is 2.64. The van der Waals surface area contributed by atoms with Gasteiger partial charge in [-0.15, -0.1) is 0 Å². The quantitative estimate of drug-likeness (QED) is 0.755. The van der Waals surface area contributed by atoms with Crippen molar-refractivity contribution in [2.45, 2.75) is 12.5 Å². The van der Waals surface area contributed by atoms with Crippen LogP contribution in [0.3, 0.4) is 0 Å². The molecule has 3 N–H and O–H groups in total. The molecule has 0 aromatic heterocycles. The number of hydrogen-bond acceptors (Lipinski definition) is 5. The predicted octanol–water partition coefficient (Wildman–Crippen LogP) is -0.0491. The average Bonchev–Trinajstić information content (AvgIpc) is 2.66. The fourth-order valence-electron chi connectivity index (χ4n) is 1.93. The standard InChI is InChI=1S/C12H16N2O4S/c13-9-2-1-3-11(6-9)18-7-12(15)14-10-4-5-19(16,17)8-10/h1-3,6,10H,4-5,7-8,13H2,(H,14,15). The normalized spacial score (nSPS) is 20.9. The van der Waals surface area contributed by atoms with Crippen LogP contribution in [0.4, 0.5) is 5.69 Å². The minimum Gasteiger partial charge on any atom is -0.484 e. The number of nitrogens with two attached hydrogens (primary N) is 1. The first kappa shape index (κ1) is 13.7. The second kappa shape index (κ2) is 5.48. The minimum absolute atomic E-state index is 0.0109. The third-order valence-corrected chi connectivity index (χ3v) is 4.59. The molecule has 0 bridgehead atoms. The zero-order valence-electron chi connectivity index (χ0n) is 10.3. The van der Waals surface area contributed by atoms with E-state index in [4.69, 9.17) is 10.5 Å². The number of carbonyl (C=O) groups is 1. The van der Waals surface area contributed by atoms with Crippen LogP contribution in [0.25, 0.3) is 0 Å². The number of rotatable bonds is 4. The molecule has 1 aromatic carbocycles. The molecule has 1 aliphatic rings. The smallest absolute Gasteiger partial charge is 0.258 e. The van der Waals surface area contributed by atoms with Gasteiger partial charge in [0.05, 0.1) is 11.5 Å². The van der Waals surface area contributed by atoms with Crippen molar-refractivity contribution in [3.05, 3.63) is 24.3 Å². The van der Waals surface area contributed by atoms with Crippen LogP contribution in [-0.2, 0) is 14.6 Å². The molecule has 19 heavy (non-hydrogen) atoms. The Balaban J connectivity index is 1.79. The molecule has 1 atom stereocenters. The van der Waals surface area contributed by atoms with Gasteiger partial charge in [0.15, 0.2) is 16.4 Å². The number of nitrogen functional groups attached to an aromatic ring is 1. The fourth-order valence-corrected chi connectivity index (χ4v) is 3.60. The highest BCUT2D eigenvalue weighted by Crippen LogP contribution is 2.14. The highest BCUT2D eigenvalue weighted by atomic mass is 32.2. The van der Waals surface area contributed by atoms with Gasteiger partial charge in [0, 0.05) is 17.8 Å². The molecule has 0 aliphatic carbocycles. The van der Waals surface area contributed by atoms with Crippen LogP contribution in [0.1, 0.15) is 6.42 Å². The van der Waals surface area contributed by atoms with E-state index in [2.05, 4.69) is 5.32 Å². The number of ether oxygens (including phenoxy) is 1.